The summed E-state index contributed by atoms with van der Waals surface area (Å²) in [5, 5.41) is 12.4. The molecule has 0 atom stereocenters. The van der Waals surface area contributed by atoms with E-state index in [1.54, 1.807) is 18.5 Å². The van der Waals surface area contributed by atoms with Crippen LogP contribution in [0.5, 0.6) is 0 Å². The van der Waals surface area contributed by atoms with Gasteiger partial charge in [-0.15, -0.1) is 0 Å². The third kappa shape index (κ3) is 4.74. The van der Waals surface area contributed by atoms with Crippen molar-refractivity contribution in [2.75, 3.05) is 5.32 Å². The maximum atomic E-state index is 12.9. The van der Waals surface area contributed by atoms with Crippen LogP contribution in [0, 0.1) is 0 Å². The molecule has 5 aromatic rings. The third-order valence-electron chi connectivity index (χ3n) is 5.89. The lowest BCUT2D eigenvalue weighted by molar-refractivity contribution is -0.137. The summed E-state index contributed by atoms with van der Waals surface area (Å²) in [6.45, 7) is 4.36. The second kappa shape index (κ2) is 9.03. The predicted molar refractivity (Wildman–Crippen MR) is 131 cm³/mol. The van der Waals surface area contributed by atoms with Crippen molar-refractivity contribution >= 4 is 22.5 Å². The molecule has 0 aliphatic carbocycles. The first-order valence-electron chi connectivity index (χ1n) is 11.3. The Morgan fingerprint density at radius 1 is 1.08 bits per heavy atom. The van der Waals surface area contributed by atoms with Gasteiger partial charge in [0.1, 0.15) is 0 Å². The second-order valence-electron chi connectivity index (χ2n) is 8.81. The Bertz CT molecular complexity index is 1530. The summed E-state index contributed by atoms with van der Waals surface area (Å²) < 4.78 is 41.7. The van der Waals surface area contributed by atoms with E-state index in [0.29, 0.717) is 11.3 Å². The molecule has 10 heteroatoms. The summed E-state index contributed by atoms with van der Waals surface area (Å²) in [4.78, 5) is 16.0. The molecule has 0 spiro atoms. The highest BCUT2D eigenvalue weighted by Gasteiger charge is 2.29. The van der Waals surface area contributed by atoms with Gasteiger partial charge in [0, 0.05) is 41.1 Å². The molecule has 184 valence electrons. The van der Waals surface area contributed by atoms with Crippen molar-refractivity contribution in [1.82, 2.24) is 24.5 Å². The van der Waals surface area contributed by atoms with E-state index in [9.17, 15) is 18.0 Å². The minimum Gasteiger partial charge on any atom is -0.359 e. The molecule has 0 aliphatic heterocycles. The van der Waals surface area contributed by atoms with E-state index >= 15 is 0 Å². The van der Waals surface area contributed by atoms with Crippen molar-refractivity contribution in [1.29, 1.82) is 0 Å². The van der Waals surface area contributed by atoms with Crippen LogP contribution in [0.25, 0.3) is 22.0 Å². The number of carbonyl (C=O) groups is 1. The van der Waals surface area contributed by atoms with E-state index in [2.05, 4.69) is 34.3 Å². The van der Waals surface area contributed by atoms with Crippen molar-refractivity contribution < 1.29 is 18.0 Å². The SMILES string of the molecule is CC(C)n1cc(-c2ccc3[nH]cc(NC(=O)c4ccn(Cc5ccc(C(F)(F)F)cc5)n4)c3c2)cn1. The number of aromatic amines is 1. The van der Waals surface area contributed by atoms with Crippen LogP contribution < -0.4 is 5.32 Å². The molecular formula is C26H23F3N6O. The number of hydrogen-bond acceptors (Lipinski definition) is 3. The monoisotopic (exact) mass is 492 g/mol. The fourth-order valence-corrected chi connectivity index (χ4v) is 3.92. The van der Waals surface area contributed by atoms with Crippen molar-refractivity contribution in [3.05, 3.63) is 90.1 Å². The molecule has 36 heavy (non-hydrogen) atoms. The number of nitrogens with zero attached hydrogens (tertiary/aromatic N) is 4. The number of nitrogens with one attached hydrogen (secondary N) is 2. The summed E-state index contributed by atoms with van der Waals surface area (Å²) in [5.41, 5.74) is 3.58. The largest absolute Gasteiger partial charge is 0.416 e. The van der Waals surface area contributed by atoms with E-state index < -0.39 is 11.7 Å². The van der Waals surface area contributed by atoms with Crippen LogP contribution in [0.2, 0.25) is 0 Å². The summed E-state index contributed by atoms with van der Waals surface area (Å²) in [6.07, 6.45) is 2.76. The van der Waals surface area contributed by atoms with Crippen LogP contribution in [-0.4, -0.2) is 30.5 Å². The van der Waals surface area contributed by atoms with Gasteiger partial charge >= 0.3 is 6.18 Å². The first-order valence-corrected chi connectivity index (χ1v) is 11.3. The summed E-state index contributed by atoms with van der Waals surface area (Å²) in [6, 6.07) is 12.6. The van der Waals surface area contributed by atoms with Gasteiger partial charge in [-0.25, -0.2) is 0 Å². The number of carbonyl (C=O) groups excluding carboxylic acids is 1. The van der Waals surface area contributed by atoms with Crippen LogP contribution in [0.4, 0.5) is 18.9 Å². The number of amides is 1. The zero-order chi connectivity index (χ0) is 25.4. The second-order valence-corrected chi connectivity index (χ2v) is 8.81. The molecular weight excluding hydrogens is 469 g/mol. The fraction of sp³-hybridized carbons (Fsp3) is 0.192. The molecule has 0 saturated heterocycles. The molecule has 0 aliphatic rings. The highest BCUT2D eigenvalue weighted by Crippen LogP contribution is 2.30. The van der Waals surface area contributed by atoms with E-state index in [0.717, 1.165) is 34.2 Å². The highest BCUT2D eigenvalue weighted by molar-refractivity contribution is 6.08. The van der Waals surface area contributed by atoms with E-state index in [4.69, 9.17) is 0 Å². The average molecular weight is 493 g/mol. The molecule has 3 aromatic heterocycles. The molecule has 0 bridgehead atoms. The highest BCUT2D eigenvalue weighted by atomic mass is 19.4. The van der Waals surface area contributed by atoms with Crippen LogP contribution in [-0.2, 0) is 12.7 Å². The average Bonchev–Trinajstić information content (AvgIpc) is 3.59. The maximum Gasteiger partial charge on any atom is 0.416 e. The Kier molecular flexibility index (Phi) is 5.87. The molecule has 7 nitrogen and oxygen atoms in total. The smallest absolute Gasteiger partial charge is 0.359 e. The summed E-state index contributed by atoms with van der Waals surface area (Å²) in [7, 11) is 0. The molecule has 0 unspecified atom stereocenters. The lowest BCUT2D eigenvalue weighted by Crippen LogP contribution is -2.13. The van der Waals surface area contributed by atoms with Gasteiger partial charge in [0.2, 0.25) is 0 Å². The first kappa shape index (κ1) is 23.4. The number of anilines is 1. The van der Waals surface area contributed by atoms with Gasteiger partial charge in [-0.1, -0.05) is 18.2 Å². The lowest BCUT2D eigenvalue weighted by Gasteiger charge is -2.07. The van der Waals surface area contributed by atoms with Crippen molar-refractivity contribution in [3.8, 4) is 11.1 Å². The molecule has 0 saturated carbocycles. The van der Waals surface area contributed by atoms with Crippen LogP contribution >= 0.6 is 0 Å². The third-order valence-corrected chi connectivity index (χ3v) is 5.89. The van der Waals surface area contributed by atoms with E-state index in [-0.39, 0.29) is 24.2 Å². The number of aromatic nitrogens is 5. The first-order chi connectivity index (χ1) is 17.2. The molecule has 0 radical (unpaired) electrons. The topological polar surface area (TPSA) is 80.5 Å². The number of hydrogen-bond donors (Lipinski definition) is 2. The standard InChI is InChI=1S/C26H23F3N6O/c1-16(2)35-15-19(12-31-35)18-5-8-22-21(11-18)24(13-30-22)32-25(36)23-9-10-34(33-23)14-17-3-6-20(7-4-17)26(27,28)29/h3-13,15-16,30H,14H2,1-2H3,(H,32,36). The van der Waals surface area contributed by atoms with Crippen molar-refractivity contribution in [3.63, 3.8) is 0 Å². The molecule has 2 N–H and O–H groups in total. The van der Waals surface area contributed by atoms with Crippen molar-refractivity contribution in [2.24, 2.45) is 0 Å². The summed E-state index contributed by atoms with van der Waals surface area (Å²) in [5.74, 6) is -0.389. The van der Waals surface area contributed by atoms with Crippen molar-refractivity contribution in [2.45, 2.75) is 32.6 Å². The van der Waals surface area contributed by atoms with Gasteiger partial charge in [0.25, 0.3) is 5.91 Å². The maximum absolute atomic E-state index is 12.9. The zero-order valence-corrected chi connectivity index (χ0v) is 19.5. The summed E-state index contributed by atoms with van der Waals surface area (Å²) >= 11 is 0. The fourth-order valence-electron chi connectivity index (χ4n) is 3.92. The van der Waals surface area contributed by atoms with Gasteiger partial charge in [-0.3, -0.25) is 14.2 Å². The predicted octanol–water partition coefficient (Wildman–Crippen LogP) is 6.13. The number of halogens is 3. The number of rotatable bonds is 6. The molecule has 5 rings (SSSR count). The van der Waals surface area contributed by atoms with Gasteiger partial charge in [0.05, 0.1) is 24.0 Å². The van der Waals surface area contributed by atoms with Gasteiger partial charge in [-0.2, -0.15) is 23.4 Å². The Balaban J connectivity index is 1.31. The number of benzene rings is 2. The lowest BCUT2D eigenvalue weighted by atomic mass is 10.1. The van der Waals surface area contributed by atoms with Gasteiger partial charge in [0.15, 0.2) is 5.69 Å². The Labute approximate surface area is 204 Å². The normalized spacial score (nSPS) is 11.9. The molecule has 0 fully saturated rings. The van der Waals surface area contributed by atoms with Crippen LogP contribution in [0.15, 0.2) is 73.3 Å². The number of fused-ring (bicyclic) bond motifs is 1. The van der Waals surface area contributed by atoms with Gasteiger partial charge < -0.3 is 10.3 Å². The zero-order valence-electron chi connectivity index (χ0n) is 19.5. The Hall–Kier alpha value is -4.34. The molecule has 1 amide bonds. The number of H-pyrrole nitrogens is 1. The van der Waals surface area contributed by atoms with Crippen LogP contribution in [0.1, 0.15) is 41.5 Å². The Morgan fingerprint density at radius 2 is 1.86 bits per heavy atom. The van der Waals surface area contributed by atoms with Crippen LogP contribution in [0.3, 0.4) is 0 Å². The van der Waals surface area contributed by atoms with E-state index in [1.165, 1.54) is 16.8 Å². The Morgan fingerprint density at radius 3 is 2.56 bits per heavy atom. The minimum absolute atomic E-state index is 0.200. The minimum atomic E-state index is -4.38. The van der Waals surface area contributed by atoms with E-state index in [1.807, 2.05) is 35.3 Å². The quantitative estimate of drug-likeness (QED) is 0.299. The van der Waals surface area contributed by atoms with Gasteiger partial charge in [-0.05, 0) is 55.3 Å². The number of alkyl halides is 3. The molecule has 3 heterocycles. The molecule has 2 aromatic carbocycles.